The second kappa shape index (κ2) is 25.8. The highest BCUT2D eigenvalue weighted by molar-refractivity contribution is 5.91. The van der Waals surface area contributed by atoms with Crippen molar-refractivity contribution in [3.05, 3.63) is 319 Å². The Bertz CT molecular complexity index is 3500. The van der Waals surface area contributed by atoms with Crippen LogP contribution in [0.2, 0.25) is 0 Å². The lowest BCUT2D eigenvalue weighted by atomic mass is 9.89. The van der Waals surface area contributed by atoms with Crippen LogP contribution in [0.5, 0.6) is 0 Å². The molecule has 0 nitrogen and oxygen atoms in total. The summed E-state index contributed by atoms with van der Waals surface area (Å²) in [5.74, 6) is 0. The van der Waals surface area contributed by atoms with E-state index in [1.54, 1.807) is 0 Å². The first kappa shape index (κ1) is 52.5. The van der Waals surface area contributed by atoms with Crippen LogP contribution in [0.4, 0.5) is 0 Å². The molecular weight excluding hydrogens is 913 g/mol. The van der Waals surface area contributed by atoms with Gasteiger partial charge in [0.15, 0.2) is 0 Å². The lowest BCUT2D eigenvalue weighted by Crippen LogP contribution is -1.96. The average Bonchev–Trinajstić information content (AvgIpc) is 3.46. The van der Waals surface area contributed by atoms with Gasteiger partial charge in [0.1, 0.15) is 0 Å². The zero-order chi connectivity index (χ0) is 52.6. The maximum Gasteiger partial charge on any atom is -0.00257 e. The highest BCUT2D eigenvalue weighted by atomic mass is 14.2. The normalized spacial score (nSPS) is 12.1. The zero-order valence-electron chi connectivity index (χ0n) is 45.5. The number of hydrogen-bond donors (Lipinski definition) is 0. The molecule has 9 aromatic rings. The van der Waals surface area contributed by atoms with E-state index in [1.807, 2.05) is 0 Å². The molecule has 9 rings (SSSR count). The van der Waals surface area contributed by atoms with E-state index in [4.69, 9.17) is 0 Å². The van der Waals surface area contributed by atoms with Gasteiger partial charge in [-0.25, -0.2) is 0 Å². The van der Waals surface area contributed by atoms with Crippen molar-refractivity contribution in [2.24, 2.45) is 0 Å². The minimum atomic E-state index is 0.912. The average molecular weight is 985 g/mol. The standard InChI is InChI=1S/C76H72/c1-7-66-54-65(52-63-22-13-9-14-23-63)35-43-68(66)48-50-75(72(46-47-73-51-56(3)57(4)58(5)59(73)6)44-33-61-31-41-71(42-32-61)69-37-27-55(2)28-38-69)76-49-36-64(24-18-17-21-60-19-11-8-12-20-60)53-74(76)45-34-62-29-39-70(40-30-62)67-25-15-10-16-26-67/h8-16,19-20,22-23,25-51,53-54H,7,17-18,21,24,52H2,1-6H3. The molecule has 0 fully saturated rings. The molecule has 9 aromatic carbocycles. The molecule has 0 atom stereocenters. The monoisotopic (exact) mass is 985 g/mol. The number of hydrogen-bond acceptors (Lipinski definition) is 0. The van der Waals surface area contributed by atoms with E-state index in [2.05, 4.69) is 296 Å². The zero-order valence-corrected chi connectivity index (χ0v) is 45.5. The van der Waals surface area contributed by atoms with Gasteiger partial charge in [-0.2, -0.15) is 0 Å². The van der Waals surface area contributed by atoms with Crippen LogP contribution in [0.15, 0.2) is 230 Å². The smallest absolute Gasteiger partial charge is 0.00257 e. The van der Waals surface area contributed by atoms with E-state index in [0.717, 1.165) is 60.8 Å². The van der Waals surface area contributed by atoms with Crippen LogP contribution in [0, 0.1) is 34.6 Å². The van der Waals surface area contributed by atoms with Gasteiger partial charge in [-0.05, 0) is 190 Å². The van der Waals surface area contributed by atoms with Gasteiger partial charge in [0.2, 0.25) is 0 Å². The van der Waals surface area contributed by atoms with Crippen LogP contribution in [0.1, 0.15) is 109 Å². The molecule has 0 aliphatic rings. The molecule has 0 saturated heterocycles. The summed E-state index contributed by atoms with van der Waals surface area (Å²) >= 11 is 0. The number of unbranched alkanes of at least 4 members (excludes halogenated alkanes) is 1. The summed E-state index contributed by atoms with van der Waals surface area (Å²) in [6.45, 7) is 13.4. The number of rotatable bonds is 19. The van der Waals surface area contributed by atoms with Gasteiger partial charge in [-0.15, -0.1) is 0 Å². The summed E-state index contributed by atoms with van der Waals surface area (Å²) in [6, 6.07) is 75.7. The summed E-state index contributed by atoms with van der Waals surface area (Å²) in [4.78, 5) is 0. The summed E-state index contributed by atoms with van der Waals surface area (Å²) < 4.78 is 0. The molecule has 0 aliphatic carbocycles. The Morgan fingerprint density at radius 1 is 0.368 bits per heavy atom. The Hall–Kier alpha value is -8.32. The molecule has 0 N–H and O–H groups in total. The van der Waals surface area contributed by atoms with Gasteiger partial charge >= 0.3 is 0 Å². The number of benzene rings is 9. The van der Waals surface area contributed by atoms with Crippen molar-refractivity contribution >= 4 is 36.0 Å². The van der Waals surface area contributed by atoms with E-state index in [9.17, 15) is 0 Å². The van der Waals surface area contributed by atoms with Crippen molar-refractivity contribution in [3.8, 4) is 22.3 Å². The molecule has 0 heteroatoms. The Labute approximate surface area is 454 Å². The molecule has 0 bridgehead atoms. The number of aryl methyl sites for hydroxylation is 5. The van der Waals surface area contributed by atoms with Gasteiger partial charge in [-0.3, -0.25) is 0 Å². The summed E-state index contributed by atoms with van der Waals surface area (Å²) in [7, 11) is 0. The molecule has 76 heavy (non-hydrogen) atoms. The topological polar surface area (TPSA) is 0 Å². The lowest BCUT2D eigenvalue weighted by Gasteiger charge is -2.15. The predicted molar refractivity (Wildman–Crippen MR) is 331 cm³/mol. The third-order valence-corrected chi connectivity index (χ3v) is 15.2. The van der Waals surface area contributed by atoms with Crippen LogP contribution >= 0.6 is 0 Å². The van der Waals surface area contributed by atoms with Crippen LogP contribution in [0.25, 0.3) is 58.2 Å². The fourth-order valence-electron chi connectivity index (χ4n) is 10.2. The molecule has 0 unspecified atom stereocenters. The highest BCUT2D eigenvalue weighted by Gasteiger charge is 2.13. The van der Waals surface area contributed by atoms with Crippen LogP contribution < -0.4 is 0 Å². The van der Waals surface area contributed by atoms with E-state index >= 15 is 0 Å². The van der Waals surface area contributed by atoms with Crippen LogP contribution in [0.3, 0.4) is 0 Å². The highest BCUT2D eigenvalue weighted by Crippen LogP contribution is 2.33. The predicted octanol–water partition coefficient (Wildman–Crippen LogP) is 20.3. The van der Waals surface area contributed by atoms with Gasteiger partial charge < -0.3 is 0 Å². The summed E-state index contributed by atoms with van der Waals surface area (Å²) in [5.41, 5.74) is 27.7. The van der Waals surface area contributed by atoms with Crippen molar-refractivity contribution < 1.29 is 0 Å². The second-order valence-corrected chi connectivity index (χ2v) is 20.5. The van der Waals surface area contributed by atoms with Crippen molar-refractivity contribution in [3.63, 3.8) is 0 Å². The molecule has 0 amide bonds. The first-order chi connectivity index (χ1) is 37.2. The second-order valence-electron chi connectivity index (χ2n) is 20.5. The van der Waals surface area contributed by atoms with Gasteiger partial charge in [-0.1, -0.05) is 267 Å². The fourth-order valence-corrected chi connectivity index (χ4v) is 10.2. The largest absolute Gasteiger partial charge is 0.0622 e. The lowest BCUT2D eigenvalue weighted by molar-refractivity contribution is 0.734. The van der Waals surface area contributed by atoms with Crippen LogP contribution in [-0.4, -0.2) is 0 Å². The van der Waals surface area contributed by atoms with Gasteiger partial charge in [0.05, 0.1) is 0 Å². The van der Waals surface area contributed by atoms with Gasteiger partial charge in [0, 0.05) is 0 Å². The minimum absolute atomic E-state index is 0.912. The fraction of sp³-hybridized carbons (Fsp3) is 0.158. The van der Waals surface area contributed by atoms with E-state index in [1.165, 1.54) is 100 Å². The van der Waals surface area contributed by atoms with Crippen LogP contribution in [-0.2, 0) is 25.7 Å². The van der Waals surface area contributed by atoms with Crippen molar-refractivity contribution in [1.82, 2.24) is 0 Å². The molecule has 0 aliphatic heterocycles. The molecule has 0 aromatic heterocycles. The molecule has 0 spiro atoms. The first-order valence-corrected chi connectivity index (χ1v) is 27.4. The Morgan fingerprint density at radius 3 is 1.55 bits per heavy atom. The van der Waals surface area contributed by atoms with E-state index < -0.39 is 0 Å². The van der Waals surface area contributed by atoms with E-state index in [-0.39, 0.29) is 0 Å². The Kier molecular flexibility index (Phi) is 17.8. The molecule has 376 valence electrons. The summed E-state index contributed by atoms with van der Waals surface area (Å²) in [5, 5.41) is 0. The molecule has 0 heterocycles. The SMILES string of the molecule is CCc1cc(Cc2ccccc2)ccc1C=CC(=C(C=Cc1ccc(-c2ccc(C)cc2)cc1)C=Cc1cc(C)c(C)c(C)c1C)c1ccc(CCCCc2ccccc2)cc1C=Cc1ccc(-c2ccccc2)cc1. The Morgan fingerprint density at radius 2 is 0.908 bits per heavy atom. The maximum absolute atomic E-state index is 2.45. The molecule has 0 radical (unpaired) electrons. The Balaban J connectivity index is 1.19. The van der Waals surface area contributed by atoms with Crippen molar-refractivity contribution in [2.45, 2.75) is 80.1 Å². The first-order valence-electron chi connectivity index (χ1n) is 27.4. The van der Waals surface area contributed by atoms with Gasteiger partial charge in [0.25, 0.3) is 0 Å². The minimum Gasteiger partial charge on any atom is -0.0622 e. The summed E-state index contributed by atoms with van der Waals surface area (Å²) in [6.07, 6.45) is 24.9. The molecule has 0 saturated carbocycles. The third kappa shape index (κ3) is 13.9. The maximum atomic E-state index is 2.45. The quantitative estimate of drug-likeness (QED) is 0.0430. The number of allylic oxidation sites excluding steroid dienone is 5. The van der Waals surface area contributed by atoms with E-state index in [0.29, 0.717) is 0 Å². The third-order valence-electron chi connectivity index (χ3n) is 15.2. The van der Waals surface area contributed by atoms with Crippen molar-refractivity contribution in [2.75, 3.05) is 0 Å². The van der Waals surface area contributed by atoms with Crippen molar-refractivity contribution in [1.29, 1.82) is 0 Å². The molecular formula is C76H72.